The summed E-state index contributed by atoms with van der Waals surface area (Å²) in [6.45, 7) is 5.08. The van der Waals surface area contributed by atoms with Gasteiger partial charge in [0.25, 0.3) is 0 Å². The molecule has 0 bridgehead atoms. The van der Waals surface area contributed by atoms with Gasteiger partial charge in [0.1, 0.15) is 5.60 Å². The Morgan fingerprint density at radius 3 is 2.47 bits per heavy atom. The van der Waals surface area contributed by atoms with Crippen molar-refractivity contribution in [3.05, 3.63) is 28.5 Å². The summed E-state index contributed by atoms with van der Waals surface area (Å²) in [5, 5.41) is 11.4. The molecular formula is C12H15BrN2O4. The normalized spacial score (nSPS) is 12.6. The average molecular weight is 331 g/mol. The number of aliphatic carboxylic acids is 1. The zero-order valence-electron chi connectivity index (χ0n) is 10.8. The fraction of sp³-hybridized carbons (Fsp3) is 0.417. The lowest BCUT2D eigenvalue weighted by atomic mass is 10.2. The third kappa shape index (κ3) is 5.25. The van der Waals surface area contributed by atoms with Gasteiger partial charge in [-0.3, -0.25) is 4.98 Å². The van der Waals surface area contributed by atoms with E-state index in [1.54, 1.807) is 26.8 Å². The molecular weight excluding hydrogens is 316 g/mol. The molecule has 0 fully saturated rings. The first-order valence-electron chi connectivity index (χ1n) is 5.53. The van der Waals surface area contributed by atoms with Crippen LogP contribution in [0.2, 0.25) is 0 Å². The summed E-state index contributed by atoms with van der Waals surface area (Å²) in [5.41, 5.74) is -0.470. The Labute approximate surface area is 119 Å². The van der Waals surface area contributed by atoms with E-state index < -0.39 is 23.7 Å². The van der Waals surface area contributed by atoms with Crippen LogP contribution in [0.3, 0.4) is 0 Å². The van der Waals surface area contributed by atoms with Gasteiger partial charge in [-0.15, -0.1) is 0 Å². The van der Waals surface area contributed by atoms with Crippen molar-refractivity contribution in [3.63, 3.8) is 0 Å². The van der Waals surface area contributed by atoms with Crippen LogP contribution >= 0.6 is 15.9 Å². The Morgan fingerprint density at radius 1 is 1.42 bits per heavy atom. The van der Waals surface area contributed by atoms with E-state index in [-0.39, 0.29) is 5.69 Å². The summed E-state index contributed by atoms with van der Waals surface area (Å²) in [7, 11) is 0. The van der Waals surface area contributed by atoms with Gasteiger partial charge in [-0.2, -0.15) is 0 Å². The Balaban J connectivity index is 2.82. The van der Waals surface area contributed by atoms with E-state index in [1.807, 2.05) is 0 Å². The number of nitrogens with one attached hydrogen (secondary N) is 1. The van der Waals surface area contributed by atoms with Crippen LogP contribution in [-0.4, -0.2) is 27.8 Å². The second-order valence-corrected chi connectivity index (χ2v) is 5.73. The van der Waals surface area contributed by atoms with Gasteiger partial charge < -0.3 is 15.2 Å². The van der Waals surface area contributed by atoms with E-state index in [0.29, 0.717) is 0 Å². The fourth-order valence-corrected chi connectivity index (χ4v) is 1.48. The first kappa shape index (κ1) is 15.4. The van der Waals surface area contributed by atoms with E-state index in [4.69, 9.17) is 9.84 Å². The average Bonchev–Trinajstić information content (AvgIpc) is 2.24. The minimum atomic E-state index is -1.25. The SMILES string of the molecule is CC(C)(C)OC(=O)NC(C(=O)O)c1ccc(Br)cn1. The number of pyridine rings is 1. The third-order valence-corrected chi connectivity index (χ3v) is 2.42. The fourth-order valence-electron chi connectivity index (χ4n) is 1.25. The van der Waals surface area contributed by atoms with Crippen LogP contribution < -0.4 is 5.32 Å². The van der Waals surface area contributed by atoms with Gasteiger partial charge in [-0.05, 0) is 48.8 Å². The zero-order valence-corrected chi connectivity index (χ0v) is 12.4. The Hall–Kier alpha value is -1.63. The first-order chi connectivity index (χ1) is 8.69. The highest BCUT2D eigenvalue weighted by Gasteiger charge is 2.26. The Morgan fingerprint density at radius 2 is 2.05 bits per heavy atom. The van der Waals surface area contributed by atoms with Crippen LogP contribution in [0.15, 0.2) is 22.8 Å². The predicted molar refractivity (Wildman–Crippen MR) is 71.7 cm³/mol. The van der Waals surface area contributed by atoms with Gasteiger partial charge in [-0.25, -0.2) is 9.59 Å². The van der Waals surface area contributed by atoms with Gasteiger partial charge in [0.2, 0.25) is 0 Å². The highest BCUT2D eigenvalue weighted by molar-refractivity contribution is 9.10. The van der Waals surface area contributed by atoms with Gasteiger partial charge in [-0.1, -0.05) is 0 Å². The number of carboxylic acids is 1. The number of aromatic nitrogens is 1. The molecule has 2 N–H and O–H groups in total. The number of carboxylic acid groups (broad SMARTS) is 1. The second kappa shape index (κ2) is 6.01. The molecule has 19 heavy (non-hydrogen) atoms. The molecule has 1 unspecified atom stereocenters. The molecule has 1 aromatic rings. The number of nitrogens with zero attached hydrogens (tertiary/aromatic N) is 1. The molecule has 6 nitrogen and oxygen atoms in total. The number of hydrogen-bond donors (Lipinski definition) is 2. The predicted octanol–water partition coefficient (Wildman–Crippen LogP) is 2.49. The number of ether oxygens (including phenoxy) is 1. The number of hydrogen-bond acceptors (Lipinski definition) is 4. The summed E-state index contributed by atoms with van der Waals surface area (Å²) in [4.78, 5) is 26.7. The lowest BCUT2D eigenvalue weighted by Crippen LogP contribution is -2.38. The van der Waals surface area contributed by atoms with Crippen LogP contribution in [0.25, 0.3) is 0 Å². The van der Waals surface area contributed by atoms with Crippen LogP contribution in [0.4, 0.5) is 4.79 Å². The van der Waals surface area contributed by atoms with E-state index >= 15 is 0 Å². The third-order valence-electron chi connectivity index (χ3n) is 1.95. The lowest BCUT2D eigenvalue weighted by molar-refractivity contribution is -0.139. The molecule has 0 saturated carbocycles. The molecule has 0 aliphatic rings. The van der Waals surface area contributed by atoms with Crippen molar-refractivity contribution >= 4 is 28.0 Å². The number of rotatable bonds is 3. The van der Waals surface area contributed by atoms with E-state index in [1.165, 1.54) is 12.3 Å². The first-order valence-corrected chi connectivity index (χ1v) is 6.32. The molecule has 1 heterocycles. The Bertz CT molecular complexity index is 468. The van der Waals surface area contributed by atoms with Crippen molar-refractivity contribution < 1.29 is 19.4 Å². The molecule has 1 amide bonds. The topological polar surface area (TPSA) is 88.5 Å². The minimum Gasteiger partial charge on any atom is -0.479 e. The van der Waals surface area contributed by atoms with Crippen LogP contribution in [-0.2, 0) is 9.53 Å². The molecule has 7 heteroatoms. The van der Waals surface area contributed by atoms with Crippen LogP contribution in [0, 0.1) is 0 Å². The van der Waals surface area contributed by atoms with Crippen molar-refractivity contribution in [3.8, 4) is 0 Å². The van der Waals surface area contributed by atoms with Gasteiger partial charge >= 0.3 is 12.1 Å². The maximum Gasteiger partial charge on any atom is 0.408 e. The number of amides is 1. The second-order valence-electron chi connectivity index (χ2n) is 4.82. The summed E-state index contributed by atoms with van der Waals surface area (Å²) >= 11 is 3.20. The van der Waals surface area contributed by atoms with Crippen LogP contribution in [0.1, 0.15) is 32.5 Å². The van der Waals surface area contributed by atoms with Crippen molar-refractivity contribution in [1.82, 2.24) is 10.3 Å². The summed E-state index contributed by atoms with van der Waals surface area (Å²) in [6, 6.07) is 1.91. The zero-order chi connectivity index (χ0) is 14.6. The number of carbonyl (C=O) groups excluding carboxylic acids is 1. The Kier molecular flexibility index (Phi) is 4.88. The summed E-state index contributed by atoms with van der Waals surface area (Å²) in [6.07, 6.45) is 0.659. The maximum atomic E-state index is 11.6. The molecule has 104 valence electrons. The van der Waals surface area contributed by atoms with Crippen molar-refractivity contribution in [2.45, 2.75) is 32.4 Å². The minimum absolute atomic E-state index is 0.224. The summed E-state index contributed by atoms with van der Waals surface area (Å²) < 4.78 is 5.73. The number of alkyl carbamates (subject to hydrolysis) is 1. The molecule has 0 aromatic carbocycles. The van der Waals surface area contributed by atoms with Crippen molar-refractivity contribution in [2.24, 2.45) is 0 Å². The quantitative estimate of drug-likeness (QED) is 0.888. The highest BCUT2D eigenvalue weighted by atomic mass is 79.9. The molecule has 0 radical (unpaired) electrons. The summed E-state index contributed by atoms with van der Waals surface area (Å²) in [5.74, 6) is -1.21. The molecule has 1 rings (SSSR count). The molecule has 0 aliphatic heterocycles. The van der Waals surface area contributed by atoms with Gasteiger partial charge in [0.05, 0.1) is 5.69 Å². The molecule has 1 atom stereocenters. The van der Waals surface area contributed by atoms with E-state index in [0.717, 1.165) is 4.47 Å². The lowest BCUT2D eigenvalue weighted by Gasteiger charge is -2.21. The number of halogens is 1. The van der Waals surface area contributed by atoms with E-state index in [9.17, 15) is 9.59 Å². The van der Waals surface area contributed by atoms with Gasteiger partial charge in [0.15, 0.2) is 6.04 Å². The van der Waals surface area contributed by atoms with E-state index in [2.05, 4.69) is 26.2 Å². The van der Waals surface area contributed by atoms with Gasteiger partial charge in [0, 0.05) is 10.7 Å². The smallest absolute Gasteiger partial charge is 0.408 e. The largest absolute Gasteiger partial charge is 0.479 e. The molecule has 0 aliphatic carbocycles. The van der Waals surface area contributed by atoms with Crippen molar-refractivity contribution in [1.29, 1.82) is 0 Å². The highest BCUT2D eigenvalue weighted by Crippen LogP contribution is 2.15. The number of carbonyl (C=O) groups is 2. The standard InChI is InChI=1S/C12H15BrN2O4/c1-12(2,3)19-11(18)15-9(10(16)17)8-5-4-7(13)6-14-8/h4-6,9H,1-3H3,(H,15,18)(H,16,17). The van der Waals surface area contributed by atoms with Crippen LogP contribution in [0.5, 0.6) is 0 Å². The monoisotopic (exact) mass is 330 g/mol. The molecule has 0 spiro atoms. The maximum absolute atomic E-state index is 11.6. The molecule has 0 saturated heterocycles. The molecule has 1 aromatic heterocycles. The van der Waals surface area contributed by atoms with Crippen molar-refractivity contribution in [2.75, 3.05) is 0 Å².